The van der Waals surface area contributed by atoms with Crippen LogP contribution in [-0.2, 0) is 17.7 Å². The largest absolute Gasteiger partial charge is 0.494 e. The molecule has 1 aromatic carbocycles. The van der Waals surface area contributed by atoms with Crippen LogP contribution < -0.4 is 10.6 Å². The molecule has 2 heteroatoms. The minimum Gasteiger partial charge on any atom is -0.494 e. The highest BCUT2D eigenvalue weighted by Gasteiger charge is 2.17. The molecule has 1 heterocycles. The van der Waals surface area contributed by atoms with Crippen molar-refractivity contribution in [3.63, 3.8) is 0 Å². The standard InChI is InChI=1S/C27H37NO/c1-8-18(3)17-28-21(6)25(26-14-19(4)10-13-27(26)28)16-23-11-12-24(15-20(23)5)22(7)29-9-2/h11-15,18-19H,7-10,16-17H2,1-6H3. The summed E-state index contributed by atoms with van der Waals surface area (Å²) in [6.45, 7) is 19.3. The molecular formula is C27H37NO. The number of nitrogens with zero attached hydrogens (tertiary/aromatic N) is 1. The molecule has 0 saturated carbocycles. The maximum Gasteiger partial charge on any atom is 0.119 e. The van der Waals surface area contributed by atoms with E-state index >= 15 is 0 Å². The molecule has 0 amide bonds. The number of benzene rings is 1. The predicted octanol–water partition coefficient (Wildman–Crippen LogP) is 5.35. The first-order valence-electron chi connectivity index (χ1n) is 11.2. The van der Waals surface area contributed by atoms with Gasteiger partial charge in [-0.05, 0) is 67.0 Å². The highest BCUT2D eigenvalue weighted by atomic mass is 16.5. The van der Waals surface area contributed by atoms with Crippen molar-refractivity contribution in [3.8, 4) is 0 Å². The summed E-state index contributed by atoms with van der Waals surface area (Å²) in [6, 6.07) is 6.61. The fourth-order valence-corrected chi connectivity index (χ4v) is 4.31. The zero-order chi connectivity index (χ0) is 21.1. The predicted molar refractivity (Wildman–Crippen MR) is 125 cm³/mol. The Morgan fingerprint density at radius 2 is 2.03 bits per heavy atom. The van der Waals surface area contributed by atoms with Crippen molar-refractivity contribution in [2.45, 2.75) is 67.3 Å². The third kappa shape index (κ3) is 4.52. The smallest absolute Gasteiger partial charge is 0.119 e. The van der Waals surface area contributed by atoms with Crippen LogP contribution in [0.2, 0.25) is 0 Å². The van der Waals surface area contributed by atoms with Gasteiger partial charge in [-0.1, -0.05) is 58.1 Å². The molecule has 1 aliphatic rings. The fraction of sp³-hybridized carbons (Fsp3) is 0.481. The molecule has 2 nitrogen and oxygen atoms in total. The molecule has 2 unspecified atom stereocenters. The van der Waals surface area contributed by atoms with E-state index in [2.05, 4.69) is 76.1 Å². The molecule has 1 aromatic heterocycles. The van der Waals surface area contributed by atoms with Crippen LogP contribution in [0.25, 0.3) is 17.9 Å². The molecule has 1 aliphatic carbocycles. The van der Waals surface area contributed by atoms with E-state index in [1.165, 1.54) is 39.4 Å². The van der Waals surface area contributed by atoms with Crippen molar-refractivity contribution in [2.24, 2.45) is 11.8 Å². The molecule has 2 atom stereocenters. The van der Waals surface area contributed by atoms with Gasteiger partial charge in [0.2, 0.25) is 0 Å². The Morgan fingerprint density at radius 3 is 2.69 bits per heavy atom. The molecule has 0 aliphatic heterocycles. The lowest BCUT2D eigenvalue weighted by molar-refractivity contribution is 0.299. The summed E-state index contributed by atoms with van der Waals surface area (Å²) < 4.78 is 8.16. The quantitative estimate of drug-likeness (QED) is 0.553. The van der Waals surface area contributed by atoms with Crippen LogP contribution >= 0.6 is 0 Å². The number of fused-ring (bicyclic) bond motifs is 1. The van der Waals surface area contributed by atoms with E-state index in [1.807, 2.05) is 6.92 Å². The topological polar surface area (TPSA) is 14.2 Å². The van der Waals surface area contributed by atoms with Crippen LogP contribution in [-0.4, -0.2) is 11.2 Å². The lowest BCUT2D eigenvalue weighted by Gasteiger charge is -2.14. The SMILES string of the molecule is C=C(OCC)c1ccc(Cc2c(C)n(CC(C)CC)c3c2=CC(C)CC=3)c(C)c1. The monoisotopic (exact) mass is 391 g/mol. The number of hydrogen-bond acceptors (Lipinski definition) is 1. The van der Waals surface area contributed by atoms with E-state index in [-0.39, 0.29) is 0 Å². The van der Waals surface area contributed by atoms with Gasteiger partial charge in [-0.25, -0.2) is 0 Å². The summed E-state index contributed by atoms with van der Waals surface area (Å²) in [5, 5.41) is 2.90. The average Bonchev–Trinajstić information content (AvgIpc) is 2.94. The molecule has 3 rings (SSSR count). The minimum atomic E-state index is 0.609. The molecule has 156 valence electrons. The molecule has 29 heavy (non-hydrogen) atoms. The van der Waals surface area contributed by atoms with E-state index in [4.69, 9.17) is 4.74 Å². The van der Waals surface area contributed by atoms with Gasteiger partial charge in [-0.2, -0.15) is 0 Å². The first-order chi connectivity index (χ1) is 13.8. The number of aromatic nitrogens is 1. The molecule has 0 N–H and O–H groups in total. The summed E-state index contributed by atoms with van der Waals surface area (Å²) in [4.78, 5) is 0. The third-order valence-corrected chi connectivity index (χ3v) is 6.41. The van der Waals surface area contributed by atoms with Crippen LogP contribution in [0.5, 0.6) is 0 Å². The van der Waals surface area contributed by atoms with E-state index < -0.39 is 0 Å². The molecule has 2 aromatic rings. The maximum absolute atomic E-state index is 5.59. The number of hydrogen-bond donors (Lipinski definition) is 0. The van der Waals surface area contributed by atoms with Gasteiger partial charge in [0, 0.05) is 29.6 Å². The van der Waals surface area contributed by atoms with Crippen molar-refractivity contribution in [2.75, 3.05) is 6.61 Å². The Bertz CT molecular complexity index is 1010. The van der Waals surface area contributed by atoms with E-state index in [1.54, 1.807) is 0 Å². The third-order valence-electron chi connectivity index (χ3n) is 6.41. The van der Waals surface area contributed by atoms with Crippen LogP contribution in [0.15, 0.2) is 24.8 Å². The van der Waals surface area contributed by atoms with Crippen LogP contribution in [0.3, 0.4) is 0 Å². The lowest BCUT2D eigenvalue weighted by Crippen LogP contribution is -2.34. The molecule has 0 fully saturated rings. The van der Waals surface area contributed by atoms with E-state index in [0.29, 0.717) is 18.4 Å². The van der Waals surface area contributed by atoms with Crippen molar-refractivity contribution >= 4 is 17.9 Å². The summed E-state index contributed by atoms with van der Waals surface area (Å²) in [6.07, 6.45) is 8.29. The average molecular weight is 392 g/mol. The molecule has 0 spiro atoms. The summed E-state index contributed by atoms with van der Waals surface area (Å²) in [5.41, 5.74) is 6.69. The Balaban J connectivity index is 2.02. The van der Waals surface area contributed by atoms with Gasteiger partial charge in [0.15, 0.2) is 0 Å². The van der Waals surface area contributed by atoms with E-state index in [9.17, 15) is 0 Å². The normalized spacial score (nSPS) is 16.6. The van der Waals surface area contributed by atoms with Gasteiger partial charge in [-0.3, -0.25) is 0 Å². The zero-order valence-electron chi connectivity index (χ0n) is 19.1. The van der Waals surface area contributed by atoms with E-state index in [0.717, 1.165) is 30.7 Å². The van der Waals surface area contributed by atoms with Gasteiger partial charge in [0.1, 0.15) is 5.76 Å². The Labute approximate surface area is 176 Å². The van der Waals surface area contributed by atoms with Gasteiger partial charge in [-0.15, -0.1) is 0 Å². The summed E-state index contributed by atoms with van der Waals surface area (Å²) in [7, 11) is 0. The van der Waals surface area contributed by atoms with Crippen molar-refractivity contribution < 1.29 is 4.74 Å². The lowest BCUT2D eigenvalue weighted by atomic mass is 9.95. The highest BCUT2D eigenvalue weighted by Crippen LogP contribution is 2.22. The van der Waals surface area contributed by atoms with Crippen molar-refractivity contribution in [1.82, 2.24) is 4.57 Å². The maximum atomic E-state index is 5.59. The van der Waals surface area contributed by atoms with Gasteiger partial charge in [0.05, 0.1) is 6.61 Å². The minimum absolute atomic E-state index is 0.609. The molecular weight excluding hydrogens is 354 g/mol. The molecule has 0 bridgehead atoms. The summed E-state index contributed by atoms with van der Waals surface area (Å²) >= 11 is 0. The second kappa shape index (κ2) is 9.07. The Kier molecular flexibility index (Phi) is 6.72. The molecule has 0 radical (unpaired) electrons. The second-order valence-corrected chi connectivity index (χ2v) is 8.74. The van der Waals surface area contributed by atoms with Crippen LogP contribution in [0.4, 0.5) is 0 Å². The van der Waals surface area contributed by atoms with Gasteiger partial charge in [0.25, 0.3) is 0 Å². The van der Waals surface area contributed by atoms with Gasteiger partial charge >= 0.3 is 0 Å². The second-order valence-electron chi connectivity index (χ2n) is 8.74. The number of ether oxygens (including phenoxy) is 1. The van der Waals surface area contributed by atoms with Gasteiger partial charge < -0.3 is 9.30 Å². The first-order valence-corrected chi connectivity index (χ1v) is 11.2. The first kappa shape index (κ1) is 21.5. The Morgan fingerprint density at radius 1 is 1.28 bits per heavy atom. The number of aryl methyl sites for hydroxylation is 1. The highest BCUT2D eigenvalue weighted by molar-refractivity contribution is 5.59. The fourth-order valence-electron chi connectivity index (χ4n) is 4.31. The zero-order valence-corrected chi connectivity index (χ0v) is 19.1. The van der Waals surface area contributed by atoms with Crippen molar-refractivity contribution in [3.05, 3.63) is 63.3 Å². The van der Waals surface area contributed by atoms with Crippen LogP contribution in [0, 0.1) is 25.7 Å². The molecule has 0 saturated heterocycles. The Hall–Kier alpha value is -2.22. The van der Waals surface area contributed by atoms with Crippen LogP contribution in [0.1, 0.15) is 68.5 Å². The number of rotatable bonds is 8. The summed E-state index contributed by atoms with van der Waals surface area (Å²) in [5.74, 6) is 2.06. The van der Waals surface area contributed by atoms with Crippen molar-refractivity contribution in [1.29, 1.82) is 0 Å².